The summed E-state index contributed by atoms with van der Waals surface area (Å²) in [6.07, 6.45) is 2.64. The van der Waals surface area contributed by atoms with E-state index in [1.807, 2.05) is 0 Å². The summed E-state index contributed by atoms with van der Waals surface area (Å²) in [5.74, 6) is 0. The monoisotopic (exact) mass is 171 g/mol. The highest BCUT2D eigenvalue weighted by atomic mass is 15.3. The number of hydrogen-bond donors (Lipinski definition) is 1. The Morgan fingerprint density at radius 3 is 2.17 bits per heavy atom. The molecule has 0 spiro atoms. The molecular weight excluding hydrogens is 150 g/mol. The molecule has 0 saturated carbocycles. The van der Waals surface area contributed by atoms with Gasteiger partial charge in [0, 0.05) is 32.8 Å². The van der Waals surface area contributed by atoms with Crippen LogP contribution in [-0.4, -0.2) is 49.2 Å². The first-order valence-corrected chi connectivity index (χ1v) is 5.01. The van der Waals surface area contributed by atoms with E-state index in [0.717, 1.165) is 19.8 Å². The molecule has 0 amide bonds. The Bertz CT molecular complexity index is 108. The fraction of sp³-hybridized carbons (Fsp3) is 1.00. The van der Waals surface area contributed by atoms with Crippen molar-refractivity contribution in [2.45, 2.75) is 19.8 Å². The highest BCUT2D eigenvalue weighted by Crippen LogP contribution is 2.01. The fourth-order valence-corrected chi connectivity index (χ4v) is 1.58. The number of unbranched alkanes of at least 4 members (excludes halogenated alkanes) is 1. The third kappa shape index (κ3) is 3.09. The van der Waals surface area contributed by atoms with Crippen molar-refractivity contribution in [2.75, 3.05) is 39.4 Å². The van der Waals surface area contributed by atoms with E-state index >= 15 is 0 Å². The van der Waals surface area contributed by atoms with Crippen LogP contribution in [-0.2, 0) is 0 Å². The van der Waals surface area contributed by atoms with Crippen molar-refractivity contribution in [1.82, 2.24) is 9.80 Å². The van der Waals surface area contributed by atoms with Crippen molar-refractivity contribution in [1.29, 1.82) is 0 Å². The molecular formula is C9H21N3. The van der Waals surface area contributed by atoms with Crippen LogP contribution in [0.1, 0.15) is 19.8 Å². The van der Waals surface area contributed by atoms with Crippen LogP contribution >= 0.6 is 0 Å². The van der Waals surface area contributed by atoms with Crippen LogP contribution in [0.2, 0.25) is 0 Å². The molecule has 1 heterocycles. The molecule has 0 aromatic carbocycles. The molecule has 0 unspecified atom stereocenters. The number of nitrogens with two attached hydrogens (primary N) is 1. The van der Waals surface area contributed by atoms with Crippen LogP contribution < -0.4 is 5.73 Å². The maximum absolute atomic E-state index is 5.56. The Morgan fingerprint density at radius 2 is 1.67 bits per heavy atom. The Morgan fingerprint density at radius 1 is 1.08 bits per heavy atom. The zero-order chi connectivity index (χ0) is 8.81. The minimum Gasteiger partial charge on any atom is -0.318 e. The van der Waals surface area contributed by atoms with E-state index in [0.29, 0.717) is 0 Å². The summed E-state index contributed by atoms with van der Waals surface area (Å²) in [6, 6.07) is 0. The first-order valence-electron chi connectivity index (χ1n) is 5.01. The van der Waals surface area contributed by atoms with Crippen LogP contribution in [0.3, 0.4) is 0 Å². The molecule has 2 N–H and O–H groups in total. The Hall–Kier alpha value is -0.120. The van der Waals surface area contributed by atoms with Gasteiger partial charge in [-0.1, -0.05) is 13.3 Å². The topological polar surface area (TPSA) is 32.5 Å². The van der Waals surface area contributed by atoms with Crippen LogP contribution in [0.4, 0.5) is 0 Å². The lowest BCUT2D eigenvalue weighted by molar-refractivity contribution is 0.133. The van der Waals surface area contributed by atoms with E-state index in [4.69, 9.17) is 5.73 Å². The zero-order valence-corrected chi connectivity index (χ0v) is 8.13. The predicted octanol–water partition coefficient (Wildman–Crippen LogP) is 0.320. The fourth-order valence-electron chi connectivity index (χ4n) is 1.58. The van der Waals surface area contributed by atoms with E-state index in [9.17, 15) is 0 Å². The molecule has 0 bridgehead atoms. The summed E-state index contributed by atoms with van der Waals surface area (Å²) in [5.41, 5.74) is 5.56. The van der Waals surface area contributed by atoms with E-state index < -0.39 is 0 Å². The van der Waals surface area contributed by atoms with E-state index in [1.54, 1.807) is 0 Å². The lowest BCUT2D eigenvalue weighted by Crippen LogP contribution is -2.48. The van der Waals surface area contributed by atoms with Crippen molar-refractivity contribution in [3.8, 4) is 0 Å². The average molecular weight is 171 g/mol. The van der Waals surface area contributed by atoms with Gasteiger partial charge >= 0.3 is 0 Å². The number of rotatable bonds is 4. The highest BCUT2D eigenvalue weighted by Gasteiger charge is 2.14. The lowest BCUT2D eigenvalue weighted by Gasteiger charge is -2.33. The molecule has 0 atom stereocenters. The molecule has 0 aromatic heterocycles. The van der Waals surface area contributed by atoms with Gasteiger partial charge in [-0.2, -0.15) is 0 Å². The number of hydrogen-bond acceptors (Lipinski definition) is 3. The average Bonchev–Trinajstić information content (AvgIpc) is 2.15. The Kier molecular flexibility index (Phi) is 4.58. The summed E-state index contributed by atoms with van der Waals surface area (Å²) in [6.45, 7) is 8.96. The first kappa shape index (κ1) is 9.96. The molecule has 1 aliphatic rings. The third-order valence-electron chi connectivity index (χ3n) is 2.55. The van der Waals surface area contributed by atoms with Gasteiger partial charge in [-0.25, -0.2) is 0 Å². The summed E-state index contributed by atoms with van der Waals surface area (Å²) in [5, 5.41) is 0. The van der Waals surface area contributed by atoms with Gasteiger partial charge in [0.1, 0.15) is 0 Å². The van der Waals surface area contributed by atoms with Crippen molar-refractivity contribution in [3.63, 3.8) is 0 Å². The van der Waals surface area contributed by atoms with Gasteiger partial charge in [0.05, 0.1) is 0 Å². The maximum atomic E-state index is 5.56. The Balaban J connectivity index is 2.09. The number of piperazine rings is 1. The molecule has 3 nitrogen and oxygen atoms in total. The molecule has 3 heteroatoms. The third-order valence-corrected chi connectivity index (χ3v) is 2.55. The molecule has 0 radical (unpaired) electrons. The van der Waals surface area contributed by atoms with Crippen molar-refractivity contribution < 1.29 is 0 Å². The van der Waals surface area contributed by atoms with E-state index in [-0.39, 0.29) is 0 Å². The lowest BCUT2D eigenvalue weighted by atomic mass is 10.2. The largest absolute Gasteiger partial charge is 0.318 e. The zero-order valence-electron chi connectivity index (χ0n) is 8.13. The molecule has 1 fully saturated rings. The van der Waals surface area contributed by atoms with Crippen LogP contribution in [0, 0.1) is 0 Å². The molecule has 0 aliphatic carbocycles. The van der Waals surface area contributed by atoms with Crippen molar-refractivity contribution >= 4 is 0 Å². The van der Waals surface area contributed by atoms with Crippen molar-refractivity contribution in [3.05, 3.63) is 0 Å². The van der Waals surface area contributed by atoms with Gasteiger partial charge in [0.15, 0.2) is 0 Å². The van der Waals surface area contributed by atoms with Gasteiger partial charge in [0.25, 0.3) is 0 Å². The van der Waals surface area contributed by atoms with Gasteiger partial charge in [-0.15, -0.1) is 0 Å². The molecule has 72 valence electrons. The Labute approximate surface area is 75.5 Å². The summed E-state index contributed by atoms with van der Waals surface area (Å²) in [4.78, 5) is 4.85. The van der Waals surface area contributed by atoms with Crippen LogP contribution in [0.15, 0.2) is 0 Å². The summed E-state index contributed by atoms with van der Waals surface area (Å²) >= 11 is 0. The maximum Gasteiger partial charge on any atom is 0.0456 e. The normalized spacial score (nSPS) is 21.5. The van der Waals surface area contributed by atoms with E-state index in [1.165, 1.54) is 32.5 Å². The predicted molar refractivity (Wildman–Crippen MR) is 52.0 cm³/mol. The second-order valence-corrected chi connectivity index (χ2v) is 3.50. The van der Waals surface area contributed by atoms with Gasteiger partial charge in [-0.05, 0) is 13.0 Å². The molecule has 1 rings (SSSR count). The van der Waals surface area contributed by atoms with Crippen LogP contribution in [0.25, 0.3) is 0 Å². The smallest absolute Gasteiger partial charge is 0.0456 e. The van der Waals surface area contributed by atoms with Gasteiger partial charge in [-0.3, -0.25) is 4.90 Å². The first-order chi connectivity index (χ1) is 5.86. The minimum atomic E-state index is 0.724. The number of nitrogens with zero attached hydrogens (tertiary/aromatic N) is 2. The van der Waals surface area contributed by atoms with Gasteiger partial charge in [0.2, 0.25) is 0 Å². The van der Waals surface area contributed by atoms with E-state index in [2.05, 4.69) is 16.7 Å². The summed E-state index contributed by atoms with van der Waals surface area (Å²) in [7, 11) is 0. The van der Waals surface area contributed by atoms with Crippen molar-refractivity contribution in [2.24, 2.45) is 5.73 Å². The second kappa shape index (κ2) is 5.51. The minimum absolute atomic E-state index is 0.724. The molecule has 1 saturated heterocycles. The molecule has 1 aliphatic heterocycles. The standard InChI is InChI=1S/C9H21N3/c1-2-3-4-11-5-7-12(9-10)8-6-11/h2-10H2,1H3. The SMILES string of the molecule is CCCCN1CCN(CN)CC1. The molecule has 12 heavy (non-hydrogen) atoms. The van der Waals surface area contributed by atoms with Gasteiger partial charge < -0.3 is 10.6 Å². The quantitative estimate of drug-likeness (QED) is 0.661. The van der Waals surface area contributed by atoms with Crippen LogP contribution in [0.5, 0.6) is 0 Å². The molecule has 0 aromatic rings. The second-order valence-electron chi connectivity index (χ2n) is 3.50. The summed E-state index contributed by atoms with van der Waals surface area (Å²) < 4.78 is 0. The highest BCUT2D eigenvalue weighted by molar-refractivity contribution is 4.69.